The maximum absolute atomic E-state index is 13.1. The fourth-order valence-corrected chi connectivity index (χ4v) is 2.47. The summed E-state index contributed by atoms with van der Waals surface area (Å²) >= 11 is 0. The molecule has 0 fully saturated rings. The monoisotopic (exact) mass is 316 g/mol. The second-order valence-electron chi connectivity index (χ2n) is 5.11. The number of hydrogen-bond donors (Lipinski definition) is 0. The van der Waals surface area contributed by atoms with Crippen molar-refractivity contribution in [3.8, 4) is 5.88 Å². The Hall–Kier alpha value is -2.43. The van der Waals surface area contributed by atoms with Crippen molar-refractivity contribution in [2.45, 2.75) is 26.8 Å². The van der Waals surface area contributed by atoms with Gasteiger partial charge in [0, 0.05) is 12.7 Å². The SMILES string of the molecule is CCOc1ncccc1C(=O)N(CC)C(C)c1ccc(F)cc1. The molecule has 2 aromatic rings. The summed E-state index contributed by atoms with van der Waals surface area (Å²) in [6, 6.07) is 9.44. The Labute approximate surface area is 135 Å². The van der Waals surface area contributed by atoms with Crippen molar-refractivity contribution in [2.24, 2.45) is 0 Å². The maximum atomic E-state index is 13.1. The number of pyridine rings is 1. The standard InChI is InChI=1S/C18H21FN2O2/c1-4-21(13(3)14-8-10-15(19)11-9-14)18(22)16-7-6-12-20-17(16)23-5-2/h6-13H,4-5H2,1-3H3. The fraction of sp³-hybridized carbons (Fsp3) is 0.333. The van der Waals surface area contributed by atoms with Gasteiger partial charge in [-0.25, -0.2) is 9.37 Å². The molecule has 1 atom stereocenters. The second kappa shape index (κ2) is 7.72. The number of aromatic nitrogens is 1. The van der Waals surface area contributed by atoms with E-state index < -0.39 is 0 Å². The number of hydrogen-bond acceptors (Lipinski definition) is 3. The summed E-state index contributed by atoms with van der Waals surface area (Å²) in [7, 11) is 0. The lowest BCUT2D eigenvalue weighted by Gasteiger charge is -2.29. The number of benzene rings is 1. The molecule has 1 amide bonds. The molecule has 0 spiro atoms. The first kappa shape index (κ1) is 16.9. The minimum atomic E-state index is -0.291. The lowest BCUT2D eigenvalue weighted by Crippen LogP contribution is -2.33. The van der Waals surface area contributed by atoms with Gasteiger partial charge in [0.1, 0.15) is 11.4 Å². The molecule has 0 bridgehead atoms. The van der Waals surface area contributed by atoms with Crippen LogP contribution in [0, 0.1) is 5.82 Å². The van der Waals surface area contributed by atoms with Crippen LogP contribution in [-0.2, 0) is 0 Å². The predicted octanol–water partition coefficient (Wildman–Crippen LogP) is 3.84. The zero-order valence-corrected chi connectivity index (χ0v) is 13.6. The largest absolute Gasteiger partial charge is 0.477 e. The van der Waals surface area contributed by atoms with Crippen LogP contribution in [-0.4, -0.2) is 28.9 Å². The number of amides is 1. The van der Waals surface area contributed by atoms with Gasteiger partial charge in [0.15, 0.2) is 0 Å². The Morgan fingerprint density at radius 1 is 1.26 bits per heavy atom. The third kappa shape index (κ3) is 3.86. The molecule has 1 aromatic carbocycles. The average Bonchev–Trinajstić information content (AvgIpc) is 2.56. The minimum absolute atomic E-state index is 0.152. The van der Waals surface area contributed by atoms with Gasteiger partial charge in [-0.2, -0.15) is 0 Å². The van der Waals surface area contributed by atoms with E-state index in [2.05, 4.69) is 4.98 Å². The summed E-state index contributed by atoms with van der Waals surface area (Å²) in [5, 5.41) is 0. The van der Waals surface area contributed by atoms with Crippen LogP contribution in [0.4, 0.5) is 4.39 Å². The number of rotatable bonds is 6. The van der Waals surface area contributed by atoms with Gasteiger partial charge < -0.3 is 9.64 Å². The molecule has 1 unspecified atom stereocenters. The molecule has 1 aromatic heterocycles. The molecule has 23 heavy (non-hydrogen) atoms. The van der Waals surface area contributed by atoms with E-state index >= 15 is 0 Å². The molecule has 0 saturated carbocycles. The van der Waals surface area contributed by atoms with Gasteiger partial charge in [0.05, 0.1) is 12.6 Å². The van der Waals surface area contributed by atoms with Crippen molar-refractivity contribution in [1.82, 2.24) is 9.88 Å². The van der Waals surface area contributed by atoms with Crippen molar-refractivity contribution in [3.63, 3.8) is 0 Å². The molecule has 0 saturated heterocycles. The second-order valence-corrected chi connectivity index (χ2v) is 5.11. The fourth-order valence-electron chi connectivity index (χ4n) is 2.47. The van der Waals surface area contributed by atoms with E-state index in [0.717, 1.165) is 5.56 Å². The molecule has 0 aliphatic heterocycles. The van der Waals surface area contributed by atoms with E-state index in [1.165, 1.54) is 12.1 Å². The van der Waals surface area contributed by atoms with Gasteiger partial charge in [0.25, 0.3) is 5.91 Å². The lowest BCUT2D eigenvalue weighted by atomic mass is 10.1. The van der Waals surface area contributed by atoms with Crippen LogP contribution in [0.1, 0.15) is 42.7 Å². The lowest BCUT2D eigenvalue weighted by molar-refractivity contribution is 0.0697. The smallest absolute Gasteiger partial charge is 0.259 e. The first-order valence-corrected chi connectivity index (χ1v) is 7.72. The highest BCUT2D eigenvalue weighted by Gasteiger charge is 2.24. The van der Waals surface area contributed by atoms with Crippen LogP contribution in [0.5, 0.6) is 5.88 Å². The number of ether oxygens (including phenoxy) is 1. The summed E-state index contributed by atoms with van der Waals surface area (Å²) in [6.07, 6.45) is 1.60. The molecule has 4 nitrogen and oxygen atoms in total. The van der Waals surface area contributed by atoms with Crippen LogP contribution >= 0.6 is 0 Å². The molecule has 2 rings (SSSR count). The topological polar surface area (TPSA) is 42.4 Å². The highest BCUT2D eigenvalue weighted by molar-refractivity contribution is 5.96. The quantitative estimate of drug-likeness (QED) is 0.813. The third-order valence-corrected chi connectivity index (χ3v) is 3.70. The van der Waals surface area contributed by atoms with E-state index in [0.29, 0.717) is 24.6 Å². The van der Waals surface area contributed by atoms with Crippen LogP contribution in [0.15, 0.2) is 42.6 Å². The molecule has 5 heteroatoms. The molecule has 0 radical (unpaired) electrons. The predicted molar refractivity (Wildman–Crippen MR) is 86.9 cm³/mol. The minimum Gasteiger partial charge on any atom is -0.477 e. The number of carbonyl (C=O) groups excluding carboxylic acids is 1. The van der Waals surface area contributed by atoms with Gasteiger partial charge in [-0.3, -0.25) is 4.79 Å². The Morgan fingerprint density at radius 3 is 2.57 bits per heavy atom. The molecular formula is C18H21FN2O2. The Kier molecular flexibility index (Phi) is 5.68. The van der Waals surface area contributed by atoms with Gasteiger partial charge in [-0.15, -0.1) is 0 Å². The molecule has 122 valence electrons. The van der Waals surface area contributed by atoms with E-state index in [9.17, 15) is 9.18 Å². The van der Waals surface area contributed by atoms with Crippen molar-refractivity contribution in [3.05, 3.63) is 59.5 Å². The summed E-state index contributed by atoms with van der Waals surface area (Å²) in [5.41, 5.74) is 1.31. The van der Waals surface area contributed by atoms with Crippen molar-refractivity contribution in [2.75, 3.05) is 13.2 Å². The molecule has 1 heterocycles. The molecular weight excluding hydrogens is 295 g/mol. The number of halogens is 1. The maximum Gasteiger partial charge on any atom is 0.259 e. The van der Waals surface area contributed by atoms with Crippen LogP contribution in [0.3, 0.4) is 0 Å². The zero-order chi connectivity index (χ0) is 16.8. The molecule has 0 aliphatic carbocycles. The van der Waals surface area contributed by atoms with Crippen molar-refractivity contribution < 1.29 is 13.9 Å². The highest BCUT2D eigenvalue weighted by Crippen LogP contribution is 2.25. The summed E-state index contributed by atoms with van der Waals surface area (Å²) in [6.45, 7) is 6.65. The average molecular weight is 316 g/mol. The summed E-state index contributed by atoms with van der Waals surface area (Å²) in [5.74, 6) is -0.105. The van der Waals surface area contributed by atoms with Gasteiger partial charge >= 0.3 is 0 Å². The number of nitrogens with zero attached hydrogens (tertiary/aromatic N) is 2. The normalized spacial score (nSPS) is 11.8. The van der Waals surface area contributed by atoms with Gasteiger partial charge in [-0.1, -0.05) is 12.1 Å². The molecule has 0 N–H and O–H groups in total. The Morgan fingerprint density at radius 2 is 1.96 bits per heavy atom. The van der Waals surface area contributed by atoms with E-state index in [1.807, 2.05) is 20.8 Å². The summed E-state index contributed by atoms with van der Waals surface area (Å²) < 4.78 is 18.5. The van der Waals surface area contributed by atoms with E-state index in [-0.39, 0.29) is 17.8 Å². The van der Waals surface area contributed by atoms with Crippen molar-refractivity contribution in [1.29, 1.82) is 0 Å². The zero-order valence-electron chi connectivity index (χ0n) is 13.6. The first-order valence-electron chi connectivity index (χ1n) is 7.72. The van der Waals surface area contributed by atoms with Crippen molar-refractivity contribution >= 4 is 5.91 Å². The third-order valence-electron chi connectivity index (χ3n) is 3.70. The molecule has 0 aliphatic rings. The Balaban J connectivity index is 2.29. The van der Waals surface area contributed by atoms with Gasteiger partial charge in [-0.05, 0) is 50.6 Å². The first-order chi connectivity index (χ1) is 11.1. The summed E-state index contributed by atoms with van der Waals surface area (Å²) in [4.78, 5) is 18.7. The van der Waals surface area contributed by atoms with Gasteiger partial charge in [0.2, 0.25) is 5.88 Å². The van der Waals surface area contributed by atoms with Crippen LogP contribution in [0.2, 0.25) is 0 Å². The number of carbonyl (C=O) groups is 1. The Bertz CT molecular complexity index is 658. The van der Waals surface area contributed by atoms with Crippen LogP contribution in [0.25, 0.3) is 0 Å². The van der Waals surface area contributed by atoms with Crippen LogP contribution < -0.4 is 4.74 Å². The highest BCUT2D eigenvalue weighted by atomic mass is 19.1. The van der Waals surface area contributed by atoms with E-state index in [4.69, 9.17) is 4.74 Å². The van der Waals surface area contributed by atoms with E-state index in [1.54, 1.807) is 35.4 Å².